The minimum absolute atomic E-state index is 0.200. The van der Waals surface area contributed by atoms with E-state index >= 15 is 0 Å². The normalized spacial score (nSPS) is 21.4. The van der Waals surface area contributed by atoms with Crippen molar-refractivity contribution in [3.8, 4) is 0 Å². The van der Waals surface area contributed by atoms with Gasteiger partial charge in [0, 0.05) is 6.04 Å². The van der Waals surface area contributed by atoms with Crippen molar-refractivity contribution in [2.24, 2.45) is 11.7 Å². The summed E-state index contributed by atoms with van der Waals surface area (Å²) in [6, 6.07) is 20.6. The van der Waals surface area contributed by atoms with Crippen molar-refractivity contribution in [3.63, 3.8) is 0 Å². The molecule has 0 saturated heterocycles. The topological polar surface area (TPSA) is 55.1 Å². The second-order valence-corrected chi connectivity index (χ2v) is 6.75. The predicted molar refractivity (Wildman–Crippen MR) is 97.7 cm³/mol. The molecule has 2 aromatic rings. The molecule has 1 fully saturated rings. The van der Waals surface area contributed by atoms with Crippen LogP contribution in [0.5, 0.6) is 0 Å². The third-order valence-electron chi connectivity index (χ3n) is 5.54. The number of nitrogens with two attached hydrogens (primary N) is 1. The van der Waals surface area contributed by atoms with Gasteiger partial charge in [0.25, 0.3) is 0 Å². The number of hydrogen-bond acceptors (Lipinski definition) is 2. The molecule has 126 valence electrons. The van der Waals surface area contributed by atoms with E-state index in [1.807, 2.05) is 67.7 Å². The molecule has 1 aliphatic carbocycles. The van der Waals surface area contributed by atoms with Crippen LogP contribution in [0.4, 0.5) is 0 Å². The van der Waals surface area contributed by atoms with Gasteiger partial charge >= 0.3 is 0 Å². The molecule has 2 unspecified atom stereocenters. The molecule has 0 heterocycles. The lowest BCUT2D eigenvalue weighted by molar-refractivity contribution is -0.124. The molecule has 2 aromatic carbocycles. The van der Waals surface area contributed by atoms with Gasteiger partial charge < -0.3 is 11.1 Å². The van der Waals surface area contributed by atoms with Crippen LogP contribution in [0.2, 0.25) is 0 Å². The summed E-state index contributed by atoms with van der Waals surface area (Å²) < 4.78 is 0. The summed E-state index contributed by atoms with van der Waals surface area (Å²) in [5.41, 5.74) is 7.34. The summed E-state index contributed by atoms with van der Waals surface area (Å²) in [7, 11) is 2.00. The number of carbonyl (C=O) groups excluding carboxylic acids is 1. The van der Waals surface area contributed by atoms with Gasteiger partial charge in [-0.15, -0.1) is 0 Å². The van der Waals surface area contributed by atoms with Crippen LogP contribution in [0.25, 0.3) is 0 Å². The second-order valence-electron chi connectivity index (χ2n) is 6.75. The first-order chi connectivity index (χ1) is 11.7. The molecule has 1 saturated carbocycles. The van der Waals surface area contributed by atoms with Gasteiger partial charge in [-0.3, -0.25) is 4.79 Å². The minimum atomic E-state index is -0.766. The van der Waals surface area contributed by atoms with Crippen molar-refractivity contribution in [2.45, 2.75) is 37.1 Å². The molecule has 1 amide bonds. The van der Waals surface area contributed by atoms with Crippen molar-refractivity contribution < 1.29 is 4.79 Å². The number of primary amides is 1. The van der Waals surface area contributed by atoms with Gasteiger partial charge in [0.05, 0.1) is 0 Å². The molecule has 3 N–H and O–H groups in total. The average Bonchev–Trinajstić information content (AvgIpc) is 2.64. The van der Waals surface area contributed by atoms with Crippen LogP contribution in [-0.4, -0.2) is 19.0 Å². The Morgan fingerprint density at radius 1 is 1.00 bits per heavy atom. The third kappa shape index (κ3) is 2.84. The molecule has 0 aliphatic heterocycles. The van der Waals surface area contributed by atoms with E-state index in [-0.39, 0.29) is 11.8 Å². The van der Waals surface area contributed by atoms with E-state index in [1.54, 1.807) is 0 Å². The highest BCUT2D eigenvalue weighted by molar-refractivity contribution is 5.91. The average molecular weight is 322 g/mol. The monoisotopic (exact) mass is 322 g/mol. The molecule has 2 atom stereocenters. The Morgan fingerprint density at radius 2 is 1.54 bits per heavy atom. The Labute approximate surface area is 144 Å². The van der Waals surface area contributed by atoms with Crippen LogP contribution in [-0.2, 0) is 10.2 Å². The van der Waals surface area contributed by atoms with E-state index in [9.17, 15) is 4.79 Å². The first kappa shape index (κ1) is 16.7. The number of hydrogen-bond donors (Lipinski definition) is 2. The number of nitrogens with one attached hydrogen (secondary N) is 1. The molecule has 3 heteroatoms. The van der Waals surface area contributed by atoms with E-state index < -0.39 is 5.41 Å². The zero-order valence-electron chi connectivity index (χ0n) is 14.2. The lowest BCUT2D eigenvalue weighted by Gasteiger charge is -2.43. The second kappa shape index (κ2) is 7.18. The highest BCUT2D eigenvalue weighted by Crippen LogP contribution is 2.45. The maximum Gasteiger partial charge on any atom is 0.232 e. The van der Waals surface area contributed by atoms with E-state index in [1.165, 1.54) is 0 Å². The van der Waals surface area contributed by atoms with Crippen LogP contribution in [0.1, 0.15) is 36.8 Å². The largest absolute Gasteiger partial charge is 0.369 e. The maximum atomic E-state index is 12.9. The molecule has 0 spiro atoms. The SMILES string of the molecule is CNC1CCCC(C(C(N)=O)(c2ccccc2)c2ccccc2)C1. The van der Waals surface area contributed by atoms with Crippen molar-refractivity contribution in [1.82, 2.24) is 5.32 Å². The quantitative estimate of drug-likeness (QED) is 0.888. The predicted octanol–water partition coefficient (Wildman–Crippen LogP) is 3.24. The summed E-state index contributed by atoms with van der Waals surface area (Å²) in [4.78, 5) is 12.9. The number of amides is 1. The van der Waals surface area contributed by atoms with E-state index in [2.05, 4.69) is 5.32 Å². The van der Waals surface area contributed by atoms with Gasteiger partial charge in [-0.05, 0) is 43.4 Å². The summed E-state index contributed by atoms with van der Waals surface area (Å²) in [6.07, 6.45) is 4.25. The lowest BCUT2D eigenvalue weighted by atomic mass is 9.60. The van der Waals surface area contributed by atoms with E-state index in [4.69, 9.17) is 5.73 Å². The van der Waals surface area contributed by atoms with Crippen molar-refractivity contribution in [2.75, 3.05) is 7.05 Å². The molecule has 3 rings (SSSR count). The van der Waals surface area contributed by atoms with Crippen LogP contribution in [0.15, 0.2) is 60.7 Å². The minimum Gasteiger partial charge on any atom is -0.369 e. The maximum absolute atomic E-state index is 12.9. The number of benzene rings is 2. The fraction of sp³-hybridized carbons (Fsp3) is 0.381. The standard InChI is InChI=1S/C21H26N2O/c1-23-19-14-8-13-18(15-19)21(20(22)24,16-9-4-2-5-10-16)17-11-6-3-7-12-17/h2-7,9-12,18-19,23H,8,13-15H2,1H3,(H2,22,24). The fourth-order valence-electron chi connectivity index (χ4n) is 4.37. The third-order valence-corrected chi connectivity index (χ3v) is 5.54. The molecule has 1 aliphatic rings. The molecular formula is C21H26N2O. The summed E-state index contributed by atoms with van der Waals surface area (Å²) >= 11 is 0. The van der Waals surface area contributed by atoms with Gasteiger partial charge in [-0.1, -0.05) is 67.1 Å². The molecular weight excluding hydrogens is 296 g/mol. The van der Waals surface area contributed by atoms with Gasteiger partial charge in [-0.2, -0.15) is 0 Å². The van der Waals surface area contributed by atoms with Crippen molar-refractivity contribution >= 4 is 5.91 Å². The van der Waals surface area contributed by atoms with Gasteiger partial charge in [0.15, 0.2) is 0 Å². The zero-order chi connectivity index (χ0) is 17.0. The van der Waals surface area contributed by atoms with Gasteiger partial charge in [0.2, 0.25) is 5.91 Å². The Morgan fingerprint density at radius 3 is 2.00 bits per heavy atom. The summed E-state index contributed by atoms with van der Waals surface area (Å²) in [6.45, 7) is 0. The molecule has 0 aromatic heterocycles. The van der Waals surface area contributed by atoms with Gasteiger partial charge in [-0.25, -0.2) is 0 Å². The number of rotatable bonds is 5. The van der Waals surface area contributed by atoms with Crippen molar-refractivity contribution in [3.05, 3.63) is 71.8 Å². The Bertz CT molecular complexity index is 629. The summed E-state index contributed by atoms with van der Waals surface area (Å²) in [5, 5.41) is 3.40. The van der Waals surface area contributed by atoms with E-state index in [0.717, 1.165) is 36.8 Å². The molecule has 0 bridgehead atoms. The van der Waals surface area contributed by atoms with Crippen LogP contribution in [0.3, 0.4) is 0 Å². The van der Waals surface area contributed by atoms with Crippen LogP contribution < -0.4 is 11.1 Å². The molecule has 0 radical (unpaired) electrons. The number of carbonyl (C=O) groups is 1. The first-order valence-corrected chi connectivity index (χ1v) is 8.77. The first-order valence-electron chi connectivity index (χ1n) is 8.77. The smallest absolute Gasteiger partial charge is 0.232 e. The fourth-order valence-corrected chi connectivity index (χ4v) is 4.37. The highest BCUT2D eigenvalue weighted by atomic mass is 16.1. The highest BCUT2D eigenvalue weighted by Gasteiger charge is 2.48. The van der Waals surface area contributed by atoms with Crippen LogP contribution >= 0.6 is 0 Å². The molecule has 24 heavy (non-hydrogen) atoms. The Hall–Kier alpha value is -2.13. The van der Waals surface area contributed by atoms with E-state index in [0.29, 0.717) is 6.04 Å². The Balaban J connectivity index is 2.17. The summed E-state index contributed by atoms with van der Waals surface area (Å²) in [5.74, 6) is -0.0485. The lowest BCUT2D eigenvalue weighted by Crippen LogP contribution is -2.51. The van der Waals surface area contributed by atoms with Crippen LogP contribution in [0, 0.1) is 5.92 Å². The molecule has 3 nitrogen and oxygen atoms in total. The zero-order valence-corrected chi connectivity index (χ0v) is 14.2. The van der Waals surface area contributed by atoms with Gasteiger partial charge in [0.1, 0.15) is 5.41 Å². The van der Waals surface area contributed by atoms with Crippen molar-refractivity contribution in [1.29, 1.82) is 0 Å². The Kier molecular flexibility index (Phi) is 5.00.